The standard InChI is InChI=1S/C16H26N2O2/c1-6-12-9-13(16(20)18-14(12)7-2)15(19)17-11(5)8-10(3)4/h9-11H,6-8H2,1-5H3,(H,17,19)(H,18,20)/t11-/m1/s1. The molecule has 0 bridgehead atoms. The predicted molar refractivity (Wildman–Crippen MR) is 82.2 cm³/mol. The van der Waals surface area contributed by atoms with Crippen molar-refractivity contribution in [2.45, 2.75) is 59.9 Å². The van der Waals surface area contributed by atoms with Crippen molar-refractivity contribution in [2.24, 2.45) is 5.92 Å². The zero-order valence-corrected chi connectivity index (χ0v) is 13.2. The van der Waals surface area contributed by atoms with Gasteiger partial charge in [0, 0.05) is 11.7 Å². The van der Waals surface area contributed by atoms with Gasteiger partial charge in [-0.25, -0.2) is 0 Å². The molecule has 1 rings (SSSR count). The van der Waals surface area contributed by atoms with Gasteiger partial charge < -0.3 is 10.3 Å². The fraction of sp³-hybridized carbons (Fsp3) is 0.625. The van der Waals surface area contributed by atoms with Crippen molar-refractivity contribution < 1.29 is 4.79 Å². The molecular formula is C16H26N2O2. The fourth-order valence-electron chi connectivity index (χ4n) is 2.48. The molecule has 0 aliphatic heterocycles. The lowest BCUT2D eigenvalue weighted by Crippen LogP contribution is -2.37. The van der Waals surface area contributed by atoms with Crippen molar-refractivity contribution in [2.75, 3.05) is 0 Å². The molecule has 2 N–H and O–H groups in total. The van der Waals surface area contributed by atoms with Crippen molar-refractivity contribution in [3.63, 3.8) is 0 Å². The van der Waals surface area contributed by atoms with Crippen LogP contribution in [0.1, 0.15) is 62.7 Å². The van der Waals surface area contributed by atoms with Crippen molar-refractivity contribution in [3.8, 4) is 0 Å². The van der Waals surface area contributed by atoms with Crippen LogP contribution < -0.4 is 10.9 Å². The summed E-state index contributed by atoms with van der Waals surface area (Å²) in [5.74, 6) is 0.231. The van der Waals surface area contributed by atoms with E-state index in [0.29, 0.717) is 5.92 Å². The molecule has 0 spiro atoms. The minimum Gasteiger partial charge on any atom is -0.349 e. The first-order chi connectivity index (χ1) is 9.38. The van der Waals surface area contributed by atoms with Gasteiger partial charge in [0.1, 0.15) is 5.56 Å². The summed E-state index contributed by atoms with van der Waals surface area (Å²) >= 11 is 0. The maximum absolute atomic E-state index is 12.2. The third kappa shape index (κ3) is 4.22. The SMILES string of the molecule is CCc1cc(C(=O)N[C@H](C)CC(C)C)c(=O)[nH]c1CC. The van der Waals surface area contributed by atoms with Gasteiger partial charge in [-0.2, -0.15) is 0 Å². The van der Waals surface area contributed by atoms with Gasteiger partial charge in [0.25, 0.3) is 11.5 Å². The number of carbonyl (C=O) groups excluding carboxylic acids is 1. The van der Waals surface area contributed by atoms with E-state index < -0.39 is 0 Å². The van der Waals surface area contributed by atoms with Gasteiger partial charge in [0.15, 0.2) is 0 Å². The van der Waals surface area contributed by atoms with Gasteiger partial charge in [0.05, 0.1) is 0 Å². The normalized spacial score (nSPS) is 12.5. The topological polar surface area (TPSA) is 62.0 Å². The summed E-state index contributed by atoms with van der Waals surface area (Å²) in [6.07, 6.45) is 2.48. The number of H-pyrrole nitrogens is 1. The van der Waals surface area contributed by atoms with Crippen molar-refractivity contribution in [1.29, 1.82) is 0 Å². The van der Waals surface area contributed by atoms with Gasteiger partial charge in [-0.15, -0.1) is 0 Å². The quantitative estimate of drug-likeness (QED) is 0.840. The molecule has 0 saturated carbocycles. The second kappa shape index (κ2) is 7.27. The molecule has 1 atom stereocenters. The van der Waals surface area contributed by atoms with E-state index in [0.717, 1.165) is 30.5 Å². The number of carbonyl (C=O) groups is 1. The summed E-state index contributed by atoms with van der Waals surface area (Å²) in [5, 5.41) is 2.90. The van der Waals surface area contributed by atoms with Crippen LogP contribution in [0.3, 0.4) is 0 Å². The highest BCUT2D eigenvalue weighted by atomic mass is 16.2. The molecular weight excluding hydrogens is 252 g/mol. The average molecular weight is 278 g/mol. The Hall–Kier alpha value is -1.58. The number of rotatable bonds is 6. The zero-order valence-electron chi connectivity index (χ0n) is 13.2. The van der Waals surface area contributed by atoms with Gasteiger partial charge in [-0.1, -0.05) is 27.7 Å². The summed E-state index contributed by atoms with van der Waals surface area (Å²) in [6, 6.07) is 1.80. The van der Waals surface area contributed by atoms with Crippen molar-refractivity contribution in [3.05, 3.63) is 33.2 Å². The maximum Gasteiger partial charge on any atom is 0.261 e. The predicted octanol–water partition coefficient (Wildman–Crippen LogP) is 2.66. The Morgan fingerprint density at radius 1 is 1.25 bits per heavy atom. The van der Waals surface area contributed by atoms with Crippen LogP contribution in [0.5, 0.6) is 0 Å². The molecule has 1 aromatic heterocycles. The third-order valence-electron chi connectivity index (χ3n) is 3.40. The average Bonchev–Trinajstić information content (AvgIpc) is 2.36. The van der Waals surface area contributed by atoms with Gasteiger partial charge >= 0.3 is 0 Å². The van der Waals surface area contributed by atoms with Crippen LogP contribution in [-0.4, -0.2) is 16.9 Å². The van der Waals surface area contributed by atoms with Crippen molar-refractivity contribution >= 4 is 5.91 Å². The van der Waals surface area contributed by atoms with Gasteiger partial charge in [-0.3, -0.25) is 9.59 Å². The Morgan fingerprint density at radius 2 is 1.90 bits per heavy atom. The van der Waals surface area contributed by atoms with Crippen LogP contribution in [0.15, 0.2) is 10.9 Å². The fourth-order valence-corrected chi connectivity index (χ4v) is 2.48. The maximum atomic E-state index is 12.2. The molecule has 0 saturated heterocycles. The molecule has 112 valence electrons. The lowest BCUT2D eigenvalue weighted by molar-refractivity contribution is 0.0934. The number of nitrogens with one attached hydrogen (secondary N) is 2. The highest BCUT2D eigenvalue weighted by molar-refractivity contribution is 5.94. The minimum absolute atomic E-state index is 0.0674. The number of amides is 1. The van der Waals surface area contributed by atoms with Crippen LogP contribution in [-0.2, 0) is 12.8 Å². The number of pyridine rings is 1. The first-order valence-electron chi connectivity index (χ1n) is 7.44. The largest absolute Gasteiger partial charge is 0.349 e. The summed E-state index contributed by atoms with van der Waals surface area (Å²) < 4.78 is 0. The number of hydrogen-bond donors (Lipinski definition) is 2. The number of aromatic nitrogens is 1. The summed E-state index contributed by atoms with van der Waals surface area (Å²) in [6.45, 7) is 10.2. The zero-order chi connectivity index (χ0) is 15.3. The van der Waals surface area contributed by atoms with Crippen LogP contribution in [0.4, 0.5) is 0 Å². The molecule has 1 amide bonds. The molecule has 0 aromatic carbocycles. The molecule has 1 heterocycles. The Morgan fingerprint density at radius 3 is 2.40 bits per heavy atom. The van der Waals surface area contributed by atoms with E-state index in [1.54, 1.807) is 6.07 Å². The van der Waals surface area contributed by atoms with E-state index in [-0.39, 0.29) is 23.1 Å². The Kier molecular flexibility index (Phi) is 5.99. The molecule has 1 aromatic rings. The van der Waals surface area contributed by atoms with E-state index in [4.69, 9.17) is 0 Å². The Bertz CT molecular complexity index is 518. The summed E-state index contributed by atoms with van der Waals surface area (Å²) in [4.78, 5) is 27.0. The lowest BCUT2D eigenvalue weighted by atomic mass is 10.0. The first-order valence-corrected chi connectivity index (χ1v) is 7.44. The molecule has 0 radical (unpaired) electrons. The first kappa shape index (κ1) is 16.5. The second-order valence-electron chi connectivity index (χ2n) is 5.73. The van der Waals surface area contributed by atoms with E-state index in [9.17, 15) is 9.59 Å². The Balaban J connectivity index is 2.96. The number of aromatic amines is 1. The lowest BCUT2D eigenvalue weighted by Gasteiger charge is -2.16. The monoisotopic (exact) mass is 278 g/mol. The minimum atomic E-state index is -0.298. The number of aryl methyl sites for hydroxylation is 2. The molecule has 0 aliphatic carbocycles. The summed E-state index contributed by atoms with van der Waals surface area (Å²) in [5.41, 5.74) is 1.88. The number of hydrogen-bond acceptors (Lipinski definition) is 2. The van der Waals surface area contributed by atoms with Gasteiger partial charge in [0.2, 0.25) is 0 Å². The Labute approximate surface area is 121 Å². The second-order valence-corrected chi connectivity index (χ2v) is 5.73. The highest BCUT2D eigenvalue weighted by Gasteiger charge is 2.16. The highest BCUT2D eigenvalue weighted by Crippen LogP contribution is 2.09. The van der Waals surface area contributed by atoms with Crippen LogP contribution >= 0.6 is 0 Å². The smallest absolute Gasteiger partial charge is 0.261 e. The molecule has 4 heteroatoms. The van der Waals surface area contributed by atoms with E-state index in [1.165, 1.54) is 0 Å². The molecule has 4 nitrogen and oxygen atoms in total. The van der Waals surface area contributed by atoms with Crippen LogP contribution in [0.25, 0.3) is 0 Å². The summed E-state index contributed by atoms with van der Waals surface area (Å²) in [7, 11) is 0. The molecule has 0 fully saturated rings. The van der Waals surface area contributed by atoms with E-state index in [2.05, 4.69) is 24.1 Å². The molecule has 0 unspecified atom stereocenters. The van der Waals surface area contributed by atoms with Crippen molar-refractivity contribution in [1.82, 2.24) is 10.3 Å². The van der Waals surface area contributed by atoms with Gasteiger partial charge in [-0.05, 0) is 43.7 Å². The van der Waals surface area contributed by atoms with Crippen LogP contribution in [0.2, 0.25) is 0 Å². The van der Waals surface area contributed by atoms with E-state index in [1.807, 2.05) is 20.8 Å². The van der Waals surface area contributed by atoms with E-state index >= 15 is 0 Å². The molecule has 0 aliphatic rings. The third-order valence-corrected chi connectivity index (χ3v) is 3.40. The molecule has 20 heavy (non-hydrogen) atoms. The van der Waals surface area contributed by atoms with Crippen LogP contribution in [0, 0.1) is 5.92 Å².